The smallest absolute Gasteiger partial charge is 0.353 e. The molecule has 2 N–H and O–H groups in total. The lowest BCUT2D eigenvalue weighted by atomic mass is 10.0. The standard InChI is InChI=1S/C18H12Cl2N2O2/c1-22-13-5-3-2-4-12(13)15-17(22)14(16(21-15)18(23)24)9-6-10(19)8-11(20)7-9/h2-8,21H,1H3,(H,23,24). The first-order chi connectivity index (χ1) is 11.5. The topological polar surface area (TPSA) is 58.0 Å². The number of fused-ring (bicyclic) bond motifs is 3. The Morgan fingerprint density at radius 1 is 1.12 bits per heavy atom. The van der Waals surface area contributed by atoms with Crippen LogP contribution in [-0.2, 0) is 7.05 Å². The third-order valence-electron chi connectivity index (χ3n) is 4.21. The maximum atomic E-state index is 11.8. The average Bonchev–Trinajstić information content (AvgIpc) is 3.04. The molecule has 0 saturated heterocycles. The molecule has 4 rings (SSSR count). The molecule has 0 aliphatic heterocycles. The van der Waals surface area contributed by atoms with E-state index in [4.69, 9.17) is 23.2 Å². The molecule has 4 aromatic rings. The molecule has 120 valence electrons. The predicted octanol–water partition coefficient (Wildman–Crippen LogP) is 5.33. The predicted molar refractivity (Wildman–Crippen MR) is 97.2 cm³/mol. The number of nitrogens with zero attached hydrogens (tertiary/aromatic N) is 1. The normalized spacial score (nSPS) is 11.5. The quantitative estimate of drug-likeness (QED) is 0.508. The van der Waals surface area contributed by atoms with Crippen LogP contribution in [0.2, 0.25) is 10.0 Å². The highest BCUT2D eigenvalue weighted by molar-refractivity contribution is 6.35. The van der Waals surface area contributed by atoms with E-state index in [1.165, 1.54) is 0 Å². The van der Waals surface area contributed by atoms with Crippen molar-refractivity contribution in [3.8, 4) is 11.1 Å². The number of carboxylic acids is 1. The van der Waals surface area contributed by atoms with E-state index >= 15 is 0 Å². The molecular formula is C18H12Cl2N2O2. The highest BCUT2D eigenvalue weighted by atomic mass is 35.5. The van der Waals surface area contributed by atoms with Gasteiger partial charge in [0, 0.05) is 28.0 Å². The van der Waals surface area contributed by atoms with Crippen LogP contribution in [0.1, 0.15) is 10.5 Å². The van der Waals surface area contributed by atoms with Crippen molar-refractivity contribution >= 4 is 51.1 Å². The number of H-pyrrole nitrogens is 1. The molecule has 2 aromatic heterocycles. The summed E-state index contributed by atoms with van der Waals surface area (Å²) < 4.78 is 1.98. The summed E-state index contributed by atoms with van der Waals surface area (Å²) in [7, 11) is 1.92. The average molecular weight is 359 g/mol. The van der Waals surface area contributed by atoms with Crippen LogP contribution in [0.5, 0.6) is 0 Å². The molecule has 0 radical (unpaired) electrons. The Labute approximate surface area is 147 Å². The molecule has 0 amide bonds. The third-order valence-corrected chi connectivity index (χ3v) is 4.65. The number of aromatic carboxylic acids is 1. The summed E-state index contributed by atoms with van der Waals surface area (Å²) in [5.41, 5.74) is 4.00. The van der Waals surface area contributed by atoms with Crippen LogP contribution in [0.3, 0.4) is 0 Å². The van der Waals surface area contributed by atoms with Crippen molar-refractivity contribution in [3.63, 3.8) is 0 Å². The summed E-state index contributed by atoms with van der Waals surface area (Å²) in [6.45, 7) is 0. The summed E-state index contributed by atoms with van der Waals surface area (Å²) in [6.07, 6.45) is 0. The van der Waals surface area contributed by atoms with Gasteiger partial charge in [0.25, 0.3) is 0 Å². The van der Waals surface area contributed by atoms with Gasteiger partial charge >= 0.3 is 5.97 Å². The van der Waals surface area contributed by atoms with Gasteiger partial charge in [0.1, 0.15) is 5.69 Å². The molecule has 4 nitrogen and oxygen atoms in total. The van der Waals surface area contributed by atoms with Crippen LogP contribution in [0.25, 0.3) is 33.1 Å². The molecule has 24 heavy (non-hydrogen) atoms. The summed E-state index contributed by atoms with van der Waals surface area (Å²) in [4.78, 5) is 14.8. The fourth-order valence-corrected chi connectivity index (χ4v) is 3.78. The lowest BCUT2D eigenvalue weighted by Crippen LogP contribution is -2.00. The Morgan fingerprint density at radius 3 is 2.46 bits per heavy atom. The van der Waals surface area contributed by atoms with E-state index in [-0.39, 0.29) is 5.69 Å². The maximum absolute atomic E-state index is 11.8. The van der Waals surface area contributed by atoms with E-state index in [2.05, 4.69) is 4.98 Å². The van der Waals surface area contributed by atoms with Gasteiger partial charge in [-0.1, -0.05) is 41.4 Å². The van der Waals surface area contributed by atoms with Crippen LogP contribution in [0, 0.1) is 0 Å². The first-order valence-electron chi connectivity index (χ1n) is 7.26. The summed E-state index contributed by atoms with van der Waals surface area (Å²) in [6, 6.07) is 12.9. The van der Waals surface area contributed by atoms with Crippen molar-refractivity contribution in [1.82, 2.24) is 9.55 Å². The van der Waals surface area contributed by atoms with Crippen molar-refractivity contribution in [3.05, 3.63) is 58.2 Å². The molecule has 0 spiro atoms. The molecule has 6 heteroatoms. The molecular weight excluding hydrogens is 347 g/mol. The van der Waals surface area contributed by atoms with Crippen LogP contribution >= 0.6 is 23.2 Å². The van der Waals surface area contributed by atoms with Gasteiger partial charge in [0.2, 0.25) is 0 Å². The zero-order chi connectivity index (χ0) is 17.0. The minimum absolute atomic E-state index is 0.125. The van der Waals surface area contributed by atoms with E-state index in [1.807, 2.05) is 35.9 Å². The first kappa shape index (κ1) is 15.1. The van der Waals surface area contributed by atoms with E-state index < -0.39 is 5.97 Å². The third kappa shape index (κ3) is 2.11. The molecule has 0 unspecified atom stereocenters. The second-order valence-electron chi connectivity index (χ2n) is 5.64. The second-order valence-corrected chi connectivity index (χ2v) is 6.51. The lowest BCUT2D eigenvalue weighted by Gasteiger charge is -2.06. The number of carbonyl (C=O) groups is 1. The number of nitrogens with one attached hydrogen (secondary N) is 1. The molecule has 0 bridgehead atoms. The lowest BCUT2D eigenvalue weighted by molar-refractivity contribution is 0.0692. The number of halogens is 2. The van der Waals surface area contributed by atoms with Crippen molar-refractivity contribution in [2.45, 2.75) is 0 Å². The first-order valence-corrected chi connectivity index (χ1v) is 8.02. The summed E-state index contributed by atoms with van der Waals surface area (Å²) in [5, 5.41) is 11.5. The number of hydrogen-bond donors (Lipinski definition) is 2. The van der Waals surface area contributed by atoms with E-state index in [0.717, 1.165) is 21.9 Å². The summed E-state index contributed by atoms with van der Waals surface area (Å²) in [5.74, 6) is -1.03. The van der Waals surface area contributed by atoms with E-state index in [9.17, 15) is 9.90 Å². The number of hydrogen-bond acceptors (Lipinski definition) is 1. The van der Waals surface area contributed by atoms with Crippen LogP contribution < -0.4 is 0 Å². The van der Waals surface area contributed by atoms with Crippen LogP contribution in [0.4, 0.5) is 0 Å². The Hall–Kier alpha value is -2.43. The fourth-order valence-electron chi connectivity index (χ4n) is 3.26. The largest absolute Gasteiger partial charge is 0.477 e. The Bertz CT molecular complexity index is 1100. The van der Waals surface area contributed by atoms with Crippen molar-refractivity contribution in [2.24, 2.45) is 7.05 Å². The van der Waals surface area contributed by atoms with E-state index in [0.29, 0.717) is 21.2 Å². The van der Waals surface area contributed by atoms with Crippen LogP contribution in [0.15, 0.2) is 42.5 Å². The molecule has 0 aliphatic rings. The second kappa shape index (κ2) is 5.30. The minimum Gasteiger partial charge on any atom is -0.477 e. The molecule has 0 atom stereocenters. The Kier molecular flexibility index (Phi) is 3.34. The van der Waals surface area contributed by atoms with Gasteiger partial charge in [-0.15, -0.1) is 0 Å². The number of aryl methyl sites for hydroxylation is 1. The number of aromatic nitrogens is 2. The molecule has 0 aliphatic carbocycles. The van der Waals surface area contributed by atoms with Gasteiger partial charge in [-0.05, 0) is 29.8 Å². The number of rotatable bonds is 2. The van der Waals surface area contributed by atoms with E-state index in [1.54, 1.807) is 18.2 Å². The van der Waals surface area contributed by atoms with Crippen molar-refractivity contribution in [2.75, 3.05) is 0 Å². The number of aromatic amines is 1. The van der Waals surface area contributed by atoms with Gasteiger partial charge in [-0.2, -0.15) is 0 Å². The van der Waals surface area contributed by atoms with Gasteiger partial charge in [-0.3, -0.25) is 0 Å². The Balaban J connectivity index is 2.20. The molecule has 2 aromatic carbocycles. The fraction of sp³-hybridized carbons (Fsp3) is 0.0556. The SMILES string of the molecule is Cn1c2ccccc2c2[nH]c(C(=O)O)c(-c3cc(Cl)cc(Cl)c3)c21. The van der Waals surface area contributed by atoms with Crippen LogP contribution in [-0.4, -0.2) is 20.6 Å². The minimum atomic E-state index is -1.03. The Morgan fingerprint density at radius 2 is 1.79 bits per heavy atom. The van der Waals surface area contributed by atoms with Gasteiger partial charge in [0.05, 0.1) is 16.6 Å². The highest BCUT2D eigenvalue weighted by Gasteiger charge is 2.23. The molecule has 2 heterocycles. The van der Waals surface area contributed by atoms with Crippen molar-refractivity contribution < 1.29 is 9.90 Å². The maximum Gasteiger partial charge on any atom is 0.353 e. The zero-order valence-corrected chi connectivity index (χ0v) is 14.1. The van der Waals surface area contributed by atoms with Crippen molar-refractivity contribution in [1.29, 1.82) is 0 Å². The van der Waals surface area contributed by atoms with Gasteiger partial charge in [0.15, 0.2) is 0 Å². The zero-order valence-electron chi connectivity index (χ0n) is 12.6. The number of carboxylic acid groups (broad SMARTS) is 1. The van der Waals surface area contributed by atoms with Gasteiger partial charge < -0.3 is 14.7 Å². The molecule has 0 saturated carbocycles. The number of benzene rings is 2. The molecule has 0 fully saturated rings. The highest BCUT2D eigenvalue weighted by Crippen LogP contribution is 2.39. The number of para-hydroxylation sites is 1. The summed E-state index contributed by atoms with van der Waals surface area (Å²) >= 11 is 12.2. The monoisotopic (exact) mass is 358 g/mol. The van der Waals surface area contributed by atoms with Gasteiger partial charge in [-0.25, -0.2) is 4.79 Å².